The monoisotopic (exact) mass is 305 g/mol. The fourth-order valence-corrected chi connectivity index (χ4v) is 1.91. The van der Waals surface area contributed by atoms with Crippen molar-refractivity contribution in [2.24, 2.45) is 5.84 Å². The van der Waals surface area contributed by atoms with E-state index in [9.17, 15) is 18.5 Å². The number of hydrogen-bond donors (Lipinski definition) is 3. The van der Waals surface area contributed by atoms with Gasteiger partial charge >= 0.3 is 5.69 Å². The molecule has 0 radical (unpaired) electrons. The Morgan fingerprint density at radius 1 is 1.50 bits per heavy atom. The largest absolute Gasteiger partial charge is 0.363 e. The molecule has 0 saturated heterocycles. The number of nitrogens with zero attached hydrogens (tertiary/aromatic N) is 4. The smallest absolute Gasteiger partial charge is 0.329 e. The van der Waals surface area contributed by atoms with Gasteiger partial charge in [-0.3, -0.25) is 15.5 Å². The van der Waals surface area contributed by atoms with Crippen molar-refractivity contribution >= 4 is 27.5 Å². The Bertz CT molecular complexity index is 588. The molecule has 0 saturated carbocycles. The minimum absolute atomic E-state index is 0.0198. The third kappa shape index (κ3) is 3.97. The molecule has 0 amide bonds. The minimum atomic E-state index is -3.40. The van der Waals surface area contributed by atoms with Crippen molar-refractivity contribution in [1.29, 1.82) is 0 Å². The summed E-state index contributed by atoms with van der Waals surface area (Å²) in [4.78, 5) is 17.5. The van der Waals surface area contributed by atoms with Gasteiger partial charge < -0.3 is 5.32 Å². The highest BCUT2D eigenvalue weighted by Crippen LogP contribution is 2.21. The number of aromatic nitrogens is 2. The second-order valence-electron chi connectivity index (χ2n) is 3.85. The van der Waals surface area contributed by atoms with Crippen LogP contribution in [-0.4, -0.2) is 54.0 Å². The molecule has 1 aromatic heterocycles. The zero-order chi connectivity index (χ0) is 15.3. The van der Waals surface area contributed by atoms with E-state index >= 15 is 0 Å². The quantitative estimate of drug-likeness (QED) is 0.325. The molecule has 0 bridgehead atoms. The van der Waals surface area contributed by atoms with E-state index in [4.69, 9.17) is 5.84 Å². The van der Waals surface area contributed by atoms with Crippen molar-refractivity contribution in [3.8, 4) is 0 Å². The first-order valence-electron chi connectivity index (χ1n) is 5.40. The Balaban J connectivity index is 2.84. The molecule has 4 N–H and O–H groups in total. The summed E-state index contributed by atoms with van der Waals surface area (Å²) in [5.41, 5.74) is 1.78. The number of rotatable bonds is 7. The Morgan fingerprint density at radius 2 is 2.15 bits per heavy atom. The highest BCUT2D eigenvalue weighted by atomic mass is 32.2. The van der Waals surface area contributed by atoms with Crippen LogP contribution in [-0.2, 0) is 10.0 Å². The number of nitro groups is 1. The fraction of sp³-hybridized carbons (Fsp3) is 0.500. The lowest BCUT2D eigenvalue weighted by Crippen LogP contribution is -2.28. The maximum Gasteiger partial charge on any atom is 0.329 e. The van der Waals surface area contributed by atoms with Gasteiger partial charge in [-0.25, -0.2) is 23.5 Å². The number of hydrazine groups is 1. The predicted molar refractivity (Wildman–Crippen MR) is 72.5 cm³/mol. The van der Waals surface area contributed by atoms with Crippen LogP contribution in [0.2, 0.25) is 0 Å². The molecule has 0 aliphatic carbocycles. The van der Waals surface area contributed by atoms with Crippen LogP contribution in [0.25, 0.3) is 0 Å². The van der Waals surface area contributed by atoms with E-state index in [1.807, 2.05) is 0 Å². The van der Waals surface area contributed by atoms with Gasteiger partial charge in [0.25, 0.3) is 0 Å². The van der Waals surface area contributed by atoms with E-state index in [1.165, 1.54) is 14.1 Å². The molecule has 1 heterocycles. The van der Waals surface area contributed by atoms with Crippen LogP contribution in [0.5, 0.6) is 0 Å². The molecule has 0 atom stereocenters. The standard InChI is InChI=1S/C8H15N7O4S/c1-14(2)20(18,19)4-3-10-7-6(15(16)17)5-11-8(12-7)13-9/h5H,3-4,9H2,1-2H3,(H2,10,11,12,13). The van der Waals surface area contributed by atoms with E-state index in [2.05, 4.69) is 20.7 Å². The summed E-state index contributed by atoms with van der Waals surface area (Å²) in [5, 5.41) is 13.4. The van der Waals surface area contributed by atoms with E-state index in [1.54, 1.807) is 0 Å². The van der Waals surface area contributed by atoms with Gasteiger partial charge in [0, 0.05) is 20.6 Å². The molecule has 12 heteroatoms. The van der Waals surface area contributed by atoms with Gasteiger partial charge in [0.15, 0.2) is 0 Å². The zero-order valence-corrected chi connectivity index (χ0v) is 11.7. The fourth-order valence-electron chi connectivity index (χ4n) is 1.19. The molecule has 0 aliphatic heterocycles. The molecular weight excluding hydrogens is 290 g/mol. The summed E-state index contributed by atoms with van der Waals surface area (Å²) in [6, 6.07) is 0. The first-order chi connectivity index (χ1) is 9.27. The van der Waals surface area contributed by atoms with Crippen LogP contribution >= 0.6 is 0 Å². The maximum atomic E-state index is 11.5. The summed E-state index contributed by atoms with van der Waals surface area (Å²) in [7, 11) is -0.596. The summed E-state index contributed by atoms with van der Waals surface area (Å²) < 4.78 is 24.2. The van der Waals surface area contributed by atoms with Gasteiger partial charge in [0.1, 0.15) is 6.20 Å². The van der Waals surface area contributed by atoms with Crippen molar-refractivity contribution < 1.29 is 13.3 Å². The lowest BCUT2D eigenvalue weighted by molar-refractivity contribution is -0.384. The second-order valence-corrected chi connectivity index (χ2v) is 6.16. The van der Waals surface area contributed by atoms with E-state index in [0.717, 1.165) is 10.5 Å². The van der Waals surface area contributed by atoms with Crippen LogP contribution in [0.4, 0.5) is 17.5 Å². The van der Waals surface area contributed by atoms with Gasteiger partial charge in [-0.2, -0.15) is 4.98 Å². The van der Waals surface area contributed by atoms with Crippen molar-refractivity contribution in [3.63, 3.8) is 0 Å². The van der Waals surface area contributed by atoms with Gasteiger partial charge in [0.2, 0.25) is 21.8 Å². The van der Waals surface area contributed by atoms with E-state index in [-0.39, 0.29) is 29.8 Å². The highest BCUT2D eigenvalue weighted by molar-refractivity contribution is 7.89. The van der Waals surface area contributed by atoms with Gasteiger partial charge in [-0.05, 0) is 0 Å². The topological polar surface area (TPSA) is 156 Å². The number of anilines is 2. The number of nitrogens with two attached hydrogens (primary N) is 1. The minimum Gasteiger partial charge on any atom is -0.363 e. The average Bonchev–Trinajstić information content (AvgIpc) is 2.37. The molecule has 1 rings (SSSR count). The first-order valence-corrected chi connectivity index (χ1v) is 7.01. The maximum absolute atomic E-state index is 11.5. The van der Waals surface area contributed by atoms with Crippen LogP contribution in [0.3, 0.4) is 0 Å². The number of nitrogen functional groups attached to an aromatic ring is 1. The SMILES string of the molecule is CN(C)S(=O)(=O)CCNc1nc(NN)ncc1[N+](=O)[O-]. The summed E-state index contributed by atoms with van der Waals surface area (Å²) in [5.74, 6) is 4.75. The predicted octanol–water partition coefficient (Wildman–Crippen LogP) is -1.03. The summed E-state index contributed by atoms with van der Waals surface area (Å²) >= 11 is 0. The Kier molecular flexibility index (Phi) is 5.12. The van der Waals surface area contributed by atoms with Crippen LogP contribution in [0, 0.1) is 10.1 Å². The Hall–Kier alpha value is -2.05. The first kappa shape index (κ1) is 16.0. The molecule has 0 unspecified atom stereocenters. The third-order valence-electron chi connectivity index (χ3n) is 2.30. The lowest BCUT2D eigenvalue weighted by atomic mass is 10.4. The Labute approximate surface area is 115 Å². The highest BCUT2D eigenvalue weighted by Gasteiger charge is 2.18. The van der Waals surface area contributed by atoms with Crippen molar-refractivity contribution in [1.82, 2.24) is 14.3 Å². The second kappa shape index (κ2) is 6.40. The van der Waals surface area contributed by atoms with Crippen molar-refractivity contribution in [3.05, 3.63) is 16.3 Å². The summed E-state index contributed by atoms with van der Waals surface area (Å²) in [6.45, 7) is -0.0393. The van der Waals surface area contributed by atoms with Gasteiger partial charge in [0.05, 0.1) is 10.7 Å². The molecule has 20 heavy (non-hydrogen) atoms. The molecule has 0 aromatic carbocycles. The lowest BCUT2D eigenvalue weighted by Gasteiger charge is -2.12. The zero-order valence-electron chi connectivity index (χ0n) is 10.9. The van der Waals surface area contributed by atoms with E-state index in [0.29, 0.717) is 0 Å². The number of hydrogen-bond acceptors (Lipinski definition) is 9. The molecule has 0 spiro atoms. The molecule has 1 aromatic rings. The molecule has 11 nitrogen and oxygen atoms in total. The molecule has 0 aliphatic rings. The molecule has 0 fully saturated rings. The van der Waals surface area contributed by atoms with Crippen molar-refractivity contribution in [2.75, 3.05) is 37.1 Å². The van der Waals surface area contributed by atoms with Crippen LogP contribution < -0.4 is 16.6 Å². The number of nitrogens with one attached hydrogen (secondary N) is 2. The van der Waals surface area contributed by atoms with Crippen LogP contribution in [0.1, 0.15) is 0 Å². The van der Waals surface area contributed by atoms with E-state index < -0.39 is 14.9 Å². The normalized spacial score (nSPS) is 11.4. The third-order valence-corrected chi connectivity index (χ3v) is 4.14. The number of sulfonamides is 1. The van der Waals surface area contributed by atoms with Crippen molar-refractivity contribution in [2.45, 2.75) is 0 Å². The molecular formula is C8H15N7O4S. The molecule has 112 valence electrons. The Morgan fingerprint density at radius 3 is 2.65 bits per heavy atom. The van der Waals surface area contributed by atoms with Crippen LogP contribution in [0.15, 0.2) is 6.20 Å². The summed E-state index contributed by atoms with van der Waals surface area (Å²) in [6.07, 6.45) is 0.977. The van der Waals surface area contributed by atoms with Gasteiger partial charge in [-0.1, -0.05) is 0 Å². The average molecular weight is 305 g/mol. The van der Waals surface area contributed by atoms with Gasteiger partial charge in [-0.15, -0.1) is 0 Å².